The molecule has 1 aromatic heterocycles. The lowest BCUT2D eigenvalue weighted by Gasteiger charge is -2.12. The number of hydrogen-bond donors (Lipinski definition) is 1. The molecule has 0 atom stereocenters. The van der Waals surface area contributed by atoms with Crippen LogP contribution in [-0.4, -0.2) is 10.9 Å². The van der Waals surface area contributed by atoms with Crippen LogP contribution in [0.15, 0.2) is 24.4 Å². The molecule has 0 aromatic carbocycles. The molecule has 0 saturated carbocycles. The maximum Gasteiger partial charge on any atom is 0.294 e. The van der Waals surface area contributed by atoms with Gasteiger partial charge in [0.05, 0.1) is 4.48 Å². The fourth-order valence-electron chi connectivity index (χ4n) is 1.05. The van der Waals surface area contributed by atoms with Crippen LogP contribution in [0.1, 0.15) is 26.5 Å². The van der Waals surface area contributed by atoms with E-state index in [-0.39, 0.29) is 22.0 Å². The number of carbonyl (C=O) groups excluding carboxylic acids is 1. The van der Waals surface area contributed by atoms with Gasteiger partial charge in [0.1, 0.15) is 0 Å². The fraction of sp³-hybridized carbons (Fsp3) is 0.333. The van der Waals surface area contributed by atoms with E-state index < -0.39 is 5.41 Å². The molecule has 0 aliphatic carbocycles. The zero-order valence-corrected chi connectivity index (χ0v) is 9.57. The Bertz CT molecular complexity index is 413. The molecule has 0 amide bonds. The molecule has 4 heteroatoms. The monoisotopic (exact) mass is 224 g/mol. The molecule has 0 spiro atoms. The van der Waals surface area contributed by atoms with E-state index in [1.165, 1.54) is 24.3 Å². The van der Waals surface area contributed by atoms with Crippen LogP contribution in [0.2, 0.25) is 0 Å². The van der Waals surface area contributed by atoms with Crippen molar-refractivity contribution in [3.8, 4) is 5.75 Å². The first-order valence-corrected chi connectivity index (χ1v) is 4.94. The van der Waals surface area contributed by atoms with Crippen molar-refractivity contribution in [3.05, 3.63) is 30.1 Å². The summed E-state index contributed by atoms with van der Waals surface area (Å²) in [6, 6.07) is 2.73. The van der Waals surface area contributed by atoms with Crippen molar-refractivity contribution in [1.82, 2.24) is 0 Å². The lowest BCUT2D eigenvalue weighted by atomic mass is 9.90. The summed E-state index contributed by atoms with van der Waals surface area (Å²) in [5, 5.41) is 9.38. The van der Waals surface area contributed by atoms with Gasteiger partial charge in [-0.05, 0) is 12.1 Å². The predicted octanol–water partition coefficient (Wildman–Crippen LogP) is 2.04. The summed E-state index contributed by atoms with van der Waals surface area (Å²) in [7, 11) is 0. The Balaban J connectivity index is 2.98. The van der Waals surface area contributed by atoms with Gasteiger partial charge in [0.25, 0.3) is 5.69 Å². The molecular weight excluding hydrogens is 209 g/mol. The van der Waals surface area contributed by atoms with E-state index >= 15 is 0 Å². The van der Waals surface area contributed by atoms with Crippen molar-refractivity contribution in [2.45, 2.75) is 20.8 Å². The quantitative estimate of drug-likeness (QED) is 0.781. The third-order valence-corrected chi connectivity index (χ3v) is 2.10. The van der Waals surface area contributed by atoms with Gasteiger partial charge in [-0.1, -0.05) is 20.8 Å². The summed E-state index contributed by atoms with van der Waals surface area (Å²) >= 11 is 0. The summed E-state index contributed by atoms with van der Waals surface area (Å²) < 4.78 is 13.2. The van der Waals surface area contributed by atoms with Crippen LogP contribution in [0, 0.1) is 5.41 Å². The highest BCUT2D eigenvalue weighted by molar-refractivity contribution is 5.97. The number of aromatic nitrogens is 1. The smallest absolute Gasteiger partial charge is 0.294 e. The second-order valence-electron chi connectivity index (χ2n) is 4.54. The standard InChI is InChI=1S/C12H14FNO2/c1-12(2,3)11(16)7-6-9-10(15)5-4-8-14(9)13/h4-8H,1-3H3/p+1. The maximum atomic E-state index is 13.2. The Kier molecular flexibility index (Phi) is 3.42. The molecule has 16 heavy (non-hydrogen) atoms. The van der Waals surface area contributed by atoms with Gasteiger partial charge in [0.2, 0.25) is 6.20 Å². The van der Waals surface area contributed by atoms with Gasteiger partial charge in [0.15, 0.2) is 11.5 Å². The van der Waals surface area contributed by atoms with E-state index in [4.69, 9.17) is 0 Å². The predicted molar refractivity (Wildman–Crippen MR) is 58.3 cm³/mol. The number of aromatic hydroxyl groups is 1. The van der Waals surface area contributed by atoms with Crippen LogP contribution in [0.4, 0.5) is 4.48 Å². The number of carbonyl (C=O) groups is 1. The highest BCUT2D eigenvalue weighted by Gasteiger charge is 2.20. The molecule has 0 aliphatic rings. The zero-order chi connectivity index (χ0) is 12.3. The summed E-state index contributed by atoms with van der Waals surface area (Å²) in [5.41, 5.74) is -0.553. The molecule has 0 unspecified atom stereocenters. The largest absolute Gasteiger partial charge is 0.502 e. The van der Waals surface area contributed by atoms with Crippen molar-refractivity contribution in [3.63, 3.8) is 0 Å². The van der Waals surface area contributed by atoms with Gasteiger partial charge in [-0.3, -0.25) is 4.79 Å². The van der Waals surface area contributed by atoms with Crippen LogP contribution < -0.4 is 4.79 Å². The zero-order valence-electron chi connectivity index (χ0n) is 9.57. The minimum absolute atomic E-state index is 0.0416. The Morgan fingerprint density at radius 3 is 2.62 bits per heavy atom. The van der Waals surface area contributed by atoms with Gasteiger partial charge >= 0.3 is 0 Å². The van der Waals surface area contributed by atoms with Crippen LogP contribution >= 0.6 is 0 Å². The van der Waals surface area contributed by atoms with Gasteiger partial charge < -0.3 is 5.11 Å². The number of rotatable bonds is 2. The summed E-state index contributed by atoms with van der Waals surface area (Å²) in [6.45, 7) is 5.32. The first-order chi connectivity index (χ1) is 7.32. The van der Waals surface area contributed by atoms with Gasteiger partial charge in [0, 0.05) is 22.3 Å². The Labute approximate surface area is 93.8 Å². The SMILES string of the molecule is CC(C)(C)C(=O)/C=C/c1c(O)ccc[n+]1F. The van der Waals surface area contributed by atoms with Gasteiger partial charge in [-0.2, -0.15) is 0 Å². The van der Waals surface area contributed by atoms with Crippen molar-refractivity contribution in [2.75, 3.05) is 0 Å². The number of pyridine rings is 1. The molecule has 1 aromatic rings. The average Bonchev–Trinajstić information content (AvgIpc) is 2.15. The molecule has 3 nitrogen and oxygen atoms in total. The highest BCUT2D eigenvalue weighted by atomic mass is 19.2. The molecular formula is C12H15FNO2+. The Morgan fingerprint density at radius 1 is 1.50 bits per heavy atom. The van der Waals surface area contributed by atoms with E-state index in [1.807, 2.05) is 0 Å². The minimum atomic E-state index is -0.512. The number of ketones is 1. The van der Waals surface area contributed by atoms with Crippen molar-refractivity contribution < 1.29 is 19.2 Å². The lowest BCUT2D eigenvalue weighted by molar-refractivity contribution is -0.845. The van der Waals surface area contributed by atoms with Crippen LogP contribution in [0.3, 0.4) is 0 Å². The number of allylic oxidation sites excluding steroid dienone is 1. The van der Waals surface area contributed by atoms with Crippen molar-refractivity contribution in [1.29, 1.82) is 0 Å². The molecule has 1 rings (SSSR count). The maximum absolute atomic E-state index is 13.2. The first kappa shape index (κ1) is 12.4. The van der Waals surface area contributed by atoms with Crippen LogP contribution in [-0.2, 0) is 4.79 Å². The summed E-state index contributed by atoms with van der Waals surface area (Å²) in [4.78, 5) is 11.8. The third-order valence-electron chi connectivity index (χ3n) is 2.10. The second kappa shape index (κ2) is 4.43. The van der Waals surface area contributed by atoms with E-state index in [0.29, 0.717) is 0 Å². The van der Waals surface area contributed by atoms with Gasteiger partial charge in [-0.15, -0.1) is 0 Å². The van der Waals surface area contributed by atoms with E-state index in [0.717, 1.165) is 6.20 Å². The van der Waals surface area contributed by atoms with E-state index in [9.17, 15) is 14.4 Å². The molecule has 1 N–H and O–H groups in total. The molecule has 0 aliphatic heterocycles. The Morgan fingerprint density at radius 2 is 2.12 bits per heavy atom. The highest BCUT2D eigenvalue weighted by Crippen LogP contribution is 2.18. The van der Waals surface area contributed by atoms with Gasteiger partial charge in [-0.25, -0.2) is 0 Å². The summed E-state index contributed by atoms with van der Waals surface area (Å²) in [5.74, 6) is -0.335. The van der Waals surface area contributed by atoms with Crippen molar-refractivity contribution >= 4 is 11.9 Å². The molecule has 0 saturated heterocycles. The topological polar surface area (TPSA) is 41.2 Å². The first-order valence-electron chi connectivity index (χ1n) is 4.94. The third kappa shape index (κ3) is 2.89. The Hall–Kier alpha value is -1.71. The molecule has 1 heterocycles. The van der Waals surface area contributed by atoms with E-state index in [2.05, 4.69) is 0 Å². The minimum Gasteiger partial charge on any atom is -0.502 e. The second-order valence-corrected chi connectivity index (χ2v) is 4.54. The fourth-order valence-corrected chi connectivity index (χ4v) is 1.05. The molecule has 86 valence electrons. The number of nitrogens with zero attached hydrogens (tertiary/aromatic N) is 1. The van der Waals surface area contributed by atoms with Crippen LogP contribution in [0.5, 0.6) is 5.75 Å². The van der Waals surface area contributed by atoms with E-state index in [1.54, 1.807) is 20.8 Å². The molecule has 0 bridgehead atoms. The molecule has 0 fully saturated rings. The van der Waals surface area contributed by atoms with Crippen LogP contribution in [0.25, 0.3) is 6.08 Å². The average molecular weight is 224 g/mol. The normalized spacial score (nSPS) is 12.0. The van der Waals surface area contributed by atoms with Crippen molar-refractivity contribution in [2.24, 2.45) is 5.41 Å². The number of halogens is 1. The molecule has 0 radical (unpaired) electrons. The number of hydrogen-bond acceptors (Lipinski definition) is 2. The lowest BCUT2D eigenvalue weighted by Crippen LogP contribution is -2.25. The summed E-state index contributed by atoms with van der Waals surface area (Å²) in [6.07, 6.45) is 3.69.